The molecular weight excluding hydrogens is 222 g/mol. The zero-order valence-electron chi connectivity index (χ0n) is 8.85. The third-order valence-corrected chi connectivity index (χ3v) is 4.22. The van der Waals surface area contributed by atoms with Crippen molar-refractivity contribution < 1.29 is 9.90 Å². The maximum atomic E-state index is 11.2. The molecule has 0 amide bonds. The summed E-state index contributed by atoms with van der Waals surface area (Å²) in [6.45, 7) is 0. The first-order valence-corrected chi connectivity index (χ1v) is 6.47. The highest BCUT2D eigenvalue weighted by molar-refractivity contribution is 7.17. The number of hydrogen-bond acceptors (Lipinski definition) is 2. The molecule has 0 radical (unpaired) electrons. The van der Waals surface area contributed by atoms with Crippen LogP contribution in [0.2, 0.25) is 0 Å². The Labute approximate surface area is 97.3 Å². The van der Waals surface area contributed by atoms with Gasteiger partial charge in [0.05, 0.1) is 10.2 Å². The van der Waals surface area contributed by atoms with Crippen LogP contribution in [-0.2, 0) is 0 Å². The Morgan fingerprint density at radius 3 is 2.88 bits per heavy atom. The molecule has 1 aliphatic rings. The lowest BCUT2D eigenvalue weighted by Gasteiger charge is -2.15. The minimum absolute atomic E-state index is 0.387. The molecule has 0 spiro atoms. The van der Waals surface area contributed by atoms with Gasteiger partial charge in [-0.25, -0.2) is 4.79 Å². The van der Waals surface area contributed by atoms with Crippen LogP contribution >= 0.6 is 11.3 Å². The van der Waals surface area contributed by atoms with E-state index < -0.39 is 5.97 Å². The summed E-state index contributed by atoms with van der Waals surface area (Å²) in [5.74, 6) is -0.810. The first-order chi connectivity index (χ1) is 7.77. The first kappa shape index (κ1) is 9.90. The summed E-state index contributed by atoms with van der Waals surface area (Å²) >= 11 is 1.61. The van der Waals surface area contributed by atoms with Crippen molar-refractivity contribution in [1.29, 1.82) is 0 Å². The van der Waals surface area contributed by atoms with E-state index in [1.54, 1.807) is 17.4 Å². The lowest BCUT2D eigenvalue weighted by molar-refractivity contribution is 0.0683. The molecule has 1 N–H and O–H groups in total. The second kappa shape index (κ2) is 3.63. The van der Waals surface area contributed by atoms with Gasteiger partial charge in [0, 0.05) is 6.04 Å². The number of carboxylic acids is 1. The van der Waals surface area contributed by atoms with E-state index in [0.29, 0.717) is 11.7 Å². The summed E-state index contributed by atoms with van der Waals surface area (Å²) < 4.78 is 3.12. The molecule has 2 aromatic rings. The van der Waals surface area contributed by atoms with Crippen molar-refractivity contribution in [3.05, 3.63) is 23.2 Å². The monoisotopic (exact) mass is 235 g/mol. The quantitative estimate of drug-likeness (QED) is 0.865. The normalized spacial score (nSPS) is 17.2. The second-order valence-electron chi connectivity index (χ2n) is 4.31. The first-order valence-electron chi connectivity index (χ1n) is 5.59. The average Bonchev–Trinajstić information content (AvgIpc) is 2.92. The Morgan fingerprint density at radius 1 is 1.44 bits per heavy atom. The van der Waals surface area contributed by atoms with Crippen molar-refractivity contribution in [3.63, 3.8) is 0 Å². The van der Waals surface area contributed by atoms with E-state index in [9.17, 15) is 9.90 Å². The third kappa shape index (κ3) is 1.37. The van der Waals surface area contributed by atoms with Crippen LogP contribution in [0.5, 0.6) is 0 Å². The Morgan fingerprint density at radius 2 is 2.19 bits per heavy atom. The molecule has 84 valence electrons. The van der Waals surface area contributed by atoms with E-state index in [0.717, 1.165) is 23.1 Å². The average molecular weight is 235 g/mol. The molecule has 0 aromatic carbocycles. The molecule has 1 aliphatic carbocycles. The molecule has 2 aromatic heterocycles. The maximum Gasteiger partial charge on any atom is 0.352 e. The van der Waals surface area contributed by atoms with Gasteiger partial charge in [-0.2, -0.15) is 0 Å². The van der Waals surface area contributed by atoms with E-state index in [-0.39, 0.29) is 0 Å². The molecule has 4 heteroatoms. The van der Waals surface area contributed by atoms with E-state index in [4.69, 9.17) is 0 Å². The fraction of sp³-hybridized carbons (Fsp3) is 0.417. The topological polar surface area (TPSA) is 42.2 Å². The van der Waals surface area contributed by atoms with E-state index in [1.807, 2.05) is 16.0 Å². The zero-order chi connectivity index (χ0) is 11.1. The highest BCUT2D eigenvalue weighted by Crippen LogP contribution is 2.36. The van der Waals surface area contributed by atoms with Gasteiger partial charge in [0.2, 0.25) is 0 Å². The van der Waals surface area contributed by atoms with Gasteiger partial charge >= 0.3 is 5.97 Å². The van der Waals surface area contributed by atoms with E-state index in [2.05, 4.69) is 0 Å². The molecule has 1 fully saturated rings. The Bertz CT molecular complexity index is 534. The van der Waals surface area contributed by atoms with E-state index in [1.165, 1.54) is 12.8 Å². The fourth-order valence-corrected chi connectivity index (χ4v) is 3.48. The van der Waals surface area contributed by atoms with Crippen LogP contribution in [0.25, 0.3) is 10.2 Å². The number of nitrogens with zero attached hydrogens (tertiary/aromatic N) is 1. The number of fused-ring (bicyclic) bond motifs is 1. The smallest absolute Gasteiger partial charge is 0.352 e. The Hall–Kier alpha value is -1.29. The third-order valence-electron chi connectivity index (χ3n) is 3.37. The number of aromatic carboxylic acids is 1. The van der Waals surface area contributed by atoms with Gasteiger partial charge in [-0.05, 0) is 30.4 Å². The van der Waals surface area contributed by atoms with Crippen LogP contribution < -0.4 is 0 Å². The molecule has 2 heterocycles. The molecule has 3 rings (SSSR count). The lowest BCUT2D eigenvalue weighted by atomic mass is 10.2. The predicted molar refractivity (Wildman–Crippen MR) is 64.3 cm³/mol. The van der Waals surface area contributed by atoms with Crippen molar-refractivity contribution >= 4 is 27.5 Å². The molecule has 0 saturated heterocycles. The molecule has 0 bridgehead atoms. The largest absolute Gasteiger partial charge is 0.477 e. The standard InChI is InChI=1S/C12H13NO2S/c14-12(15)10-7-11-9(5-6-16-11)13(10)8-3-1-2-4-8/h5-8H,1-4H2,(H,14,15). The van der Waals surface area contributed by atoms with Gasteiger partial charge < -0.3 is 9.67 Å². The highest BCUT2D eigenvalue weighted by atomic mass is 32.1. The minimum atomic E-state index is -0.810. The van der Waals surface area contributed by atoms with Crippen molar-refractivity contribution in [3.8, 4) is 0 Å². The van der Waals surface area contributed by atoms with Crippen molar-refractivity contribution in [2.75, 3.05) is 0 Å². The van der Waals surface area contributed by atoms with E-state index >= 15 is 0 Å². The second-order valence-corrected chi connectivity index (χ2v) is 5.26. The highest BCUT2D eigenvalue weighted by Gasteiger charge is 2.24. The summed E-state index contributed by atoms with van der Waals surface area (Å²) in [5.41, 5.74) is 1.54. The maximum absolute atomic E-state index is 11.2. The summed E-state index contributed by atoms with van der Waals surface area (Å²) in [7, 11) is 0. The molecule has 0 unspecified atom stereocenters. The molecule has 0 atom stereocenters. The Kier molecular flexibility index (Phi) is 2.24. The Balaban J connectivity index is 2.20. The molecule has 1 saturated carbocycles. The van der Waals surface area contributed by atoms with Gasteiger partial charge in [-0.15, -0.1) is 11.3 Å². The SMILES string of the molecule is O=C(O)c1cc2sccc2n1C1CCCC1. The number of carbonyl (C=O) groups is 1. The van der Waals surface area contributed by atoms with Crippen molar-refractivity contribution in [2.24, 2.45) is 0 Å². The van der Waals surface area contributed by atoms with Crippen molar-refractivity contribution in [2.45, 2.75) is 31.7 Å². The summed E-state index contributed by atoms with van der Waals surface area (Å²) in [4.78, 5) is 11.2. The number of hydrogen-bond donors (Lipinski definition) is 1. The van der Waals surface area contributed by atoms with Gasteiger partial charge in [0.15, 0.2) is 0 Å². The summed E-state index contributed by atoms with van der Waals surface area (Å²) in [6.07, 6.45) is 4.65. The zero-order valence-corrected chi connectivity index (χ0v) is 9.67. The fourth-order valence-electron chi connectivity index (χ4n) is 2.67. The molecule has 3 nitrogen and oxygen atoms in total. The van der Waals surface area contributed by atoms with Gasteiger partial charge in [0.1, 0.15) is 5.69 Å². The van der Waals surface area contributed by atoms with Gasteiger partial charge in [-0.1, -0.05) is 12.8 Å². The van der Waals surface area contributed by atoms with Crippen LogP contribution in [0.3, 0.4) is 0 Å². The number of carboxylic acid groups (broad SMARTS) is 1. The lowest BCUT2D eigenvalue weighted by Crippen LogP contribution is -2.12. The van der Waals surface area contributed by atoms with Crippen LogP contribution in [0.1, 0.15) is 42.2 Å². The minimum Gasteiger partial charge on any atom is -0.477 e. The molecular formula is C12H13NO2S. The van der Waals surface area contributed by atoms with Crippen LogP contribution in [0.4, 0.5) is 0 Å². The summed E-state index contributed by atoms with van der Waals surface area (Å²) in [5, 5.41) is 11.3. The number of aromatic nitrogens is 1. The molecule has 0 aliphatic heterocycles. The number of rotatable bonds is 2. The van der Waals surface area contributed by atoms with Crippen molar-refractivity contribution in [1.82, 2.24) is 4.57 Å². The van der Waals surface area contributed by atoms with Crippen LogP contribution in [0, 0.1) is 0 Å². The summed E-state index contributed by atoms with van der Waals surface area (Å²) in [6, 6.07) is 4.23. The predicted octanol–water partition coefficient (Wildman–Crippen LogP) is 3.52. The van der Waals surface area contributed by atoms with Crippen LogP contribution in [0.15, 0.2) is 17.5 Å². The van der Waals surface area contributed by atoms with Gasteiger partial charge in [-0.3, -0.25) is 0 Å². The van der Waals surface area contributed by atoms with Gasteiger partial charge in [0.25, 0.3) is 0 Å². The molecule has 16 heavy (non-hydrogen) atoms. The van der Waals surface area contributed by atoms with Crippen LogP contribution in [-0.4, -0.2) is 15.6 Å². The number of thiophene rings is 1.